The maximum atomic E-state index is 5.66. The van der Waals surface area contributed by atoms with E-state index in [1.54, 1.807) is 0 Å². The quantitative estimate of drug-likeness (QED) is 0.804. The van der Waals surface area contributed by atoms with E-state index in [1.807, 2.05) is 35.0 Å². The topological polar surface area (TPSA) is 52.8 Å². The maximum Gasteiger partial charge on any atom is 0.157 e. The zero-order valence-corrected chi connectivity index (χ0v) is 12.8. The van der Waals surface area contributed by atoms with E-state index in [0.29, 0.717) is 0 Å². The molecule has 1 unspecified atom stereocenters. The molecule has 6 heteroatoms. The van der Waals surface area contributed by atoms with Gasteiger partial charge < -0.3 is 4.74 Å². The molecule has 0 bridgehead atoms. The monoisotopic (exact) mass is 336 g/mol. The summed E-state index contributed by atoms with van der Waals surface area (Å²) < 4.78 is 7.48. The third-order valence-corrected chi connectivity index (χ3v) is 4.94. The lowest BCUT2D eigenvalue weighted by Crippen LogP contribution is -2.36. The highest BCUT2D eigenvalue weighted by Gasteiger charge is 2.34. The molecule has 0 radical (unpaired) electrons. The SMILES string of the molecule is BrCC1(Cc2nnnn2-c2ccccc2)CCCOC1. The lowest BCUT2D eigenvalue weighted by molar-refractivity contribution is 0.00491. The smallest absolute Gasteiger partial charge is 0.157 e. The fourth-order valence-corrected chi connectivity index (χ4v) is 3.26. The molecule has 0 N–H and O–H groups in total. The van der Waals surface area contributed by atoms with Gasteiger partial charge >= 0.3 is 0 Å². The van der Waals surface area contributed by atoms with Crippen molar-refractivity contribution in [3.63, 3.8) is 0 Å². The van der Waals surface area contributed by atoms with Crippen LogP contribution in [-0.2, 0) is 11.2 Å². The van der Waals surface area contributed by atoms with Crippen LogP contribution in [-0.4, -0.2) is 38.8 Å². The molecule has 1 aliphatic rings. The molecule has 2 aromatic rings. The van der Waals surface area contributed by atoms with Crippen molar-refractivity contribution in [1.29, 1.82) is 0 Å². The van der Waals surface area contributed by atoms with Crippen LogP contribution < -0.4 is 0 Å². The summed E-state index contributed by atoms with van der Waals surface area (Å²) in [6, 6.07) is 9.99. The molecule has 1 aromatic heterocycles. The third-order valence-electron chi connectivity index (χ3n) is 3.76. The van der Waals surface area contributed by atoms with Crippen molar-refractivity contribution in [2.45, 2.75) is 19.3 Å². The summed E-state index contributed by atoms with van der Waals surface area (Å²) in [5.41, 5.74) is 1.09. The molecule has 2 heterocycles. The molecule has 0 amide bonds. The second-order valence-electron chi connectivity index (χ2n) is 5.31. The van der Waals surface area contributed by atoms with E-state index < -0.39 is 0 Å². The van der Waals surface area contributed by atoms with Crippen molar-refractivity contribution < 1.29 is 4.74 Å². The number of ether oxygens (including phenoxy) is 1. The Morgan fingerprint density at radius 3 is 2.85 bits per heavy atom. The highest BCUT2D eigenvalue weighted by Crippen LogP contribution is 2.34. The van der Waals surface area contributed by atoms with Crippen LogP contribution in [0, 0.1) is 5.41 Å². The fraction of sp³-hybridized carbons (Fsp3) is 0.500. The molecule has 1 aromatic carbocycles. The van der Waals surface area contributed by atoms with Crippen molar-refractivity contribution >= 4 is 15.9 Å². The minimum absolute atomic E-state index is 0.0967. The first kappa shape index (κ1) is 13.7. The summed E-state index contributed by atoms with van der Waals surface area (Å²) in [5.74, 6) is 0.890. The molecule has 5 nitrogen and oxygen atoms in total. The highest BCUT2D eigenvalue weighted by molar-refractivity contribution is 9.09. The number of halogens is 1. The molecule has 20 heavy (non-hydrogen) atoms. The summed E-state index contributed by atoms with van der Waals surface area (Å²) in [7, 11) is 0. The number of aromatic nitrogens is 4. The molecule has 1 atom stereocenters. The standard InChI is InChI=1S/C14H17BrN4O/c15-10-14(7-4-8-20-11-14)9-13-16-17-18-19(13)12-5-2-1-3-6-12/h1-3,5-6H,4,7-11H2. The van der Waals surface area contributed by atoms with Crippen LogP contribution in [0.25, 0.3) is 5.69 Å². The Morgan fingerprint density at radius 2 is 2.15 bits per heavy atom. The number of rotatable bonds is 4. The molecule has 1 aliphatic heterocycles. The van der Waals surface area contributed by atoms with Crippen LogP contribution in [0.2, 0.25) is 0 Å². The van der Waals surface area contributed by atoms with E-state index in [4.69, 9.17) is 4.74 Å². The van der Waals surface area contributed by atoms with Gasteiger partial charge in [0.2, 0.25) is 0 Å². The fourth-order valence-electron chi connectivity index (χ4n) is 2.62. The van der Waals surface area contributed by atoms with Gasteiger partial charge in [-0.25, -0.2) is 0 Å². The highest BCUT2D eigenvalue weighted by atomic mass is 79.9. The Bertz CT molecular complexity index is 551. The Hall–Kier alpha value is -1.27. The average Bonchev–Trinajstić information content (AvgIpc) is 2.97. The second-order valence-corrected chi connectivity index (χ2v) is 5.87. The number of para-hydroxylation sites is 1. The van der Waals surface area contributed by atoms with Gasteiger partial charge in [0, 0.05) is 23.8 Å². The van der Waals surface area contributed by atoms with E-state index in [2.05, 4.69) is 31.5 Å². The molecule has 0 saturated carbocycles. The second kappa shape index (κ2) is 6.01. The number of tetrazole rings is 1. The van der Waals surface area contributed by atoms with Gasteiger partial charge in [0.25, 0.3) is 0 Å². The normalized spacial score (nSPS) is 22.9. The van der Waals surface area contributed by atoms with E-state index in [1.165, 1.54) is 0 Å². The average molecular weight is 337 g/mol. The first-order valence-electron chi connectivity index (χ1n) is 6.79. The van der Waals surface area contributed by atoms with Crippen molar-refractivity contribution in [3.8, 4) is 5.69 Å². The van der Waals surface area contributed by atoms with Crippen LogP contribution in [0.4, 0.5) is 0 Å². The van der Waals surface area contributed by atoms with Gasteiger partial charge in [-0.2, -0.15) is 4.68 Å². The van der Waals surface area contributed by atoms with Gasteiger partial charge in [-0.1, -0.05) is 34.1 Å². The predicted molar refractivity (Wildman–Crippen MR) is 79.1 cm³/mol. The van der Waals surface area contributed by atoms with Gasteiger partial charge in [-0.15, -0.1) is 5.10 Å². The summed E-state index contributed by atoms with van der Waals surface area (Å²) >= 11 is 3.64. The van der Waals surface area contributed by atoms with Crippen molar-refractivity contribution in [2.24, 2.45) is 5.41 Å². The predicted octanol–water partition coefficient (Wildman–Crippen LogP) is 2.40. The minimum atomic E-state index is 0.0967. The van der Waals surface area contributed by atoms with Crippen LogP contribution in [0.3, 0.4) is 0 Å². The Labute approximate surface area is 126 Å². The lowest BCUT2D eigenvalue weighted by atomic mass is 9.81. The largest absolute Gasteiger partial charge is 0.381 e. The van der Waals surface area contributed by atoms with E-state index >= 15 is 0 Å². The maximum absolute atomic E-state index is 5.66. The van der Waals surface area contributed by atoms with Gasteiger partial charge in [-0.05, 0) is 35.4 Å². The zero-order valence-electron chi connectivity index (χ0n) is 11.2. The minimum Gasteiger partial charge on any atom is -0.381 e. The number of nitrogens with zero attached hydrogens (tertiary/aromatic N) is 4. The van der Waals surface area contributed by atoms with Crippen molar-refractivity contribution in [3.05, 3.63) is 36.2 Å². The Balaban J connectivity index is 1.86. The molecule has 106 valence electrons. The Morgan fingerprint density at radius 1 is 1.30 bits per heavy atom. The number of benzene rings is 1. The number of hydrogen-bond donors (Lipinski definition) is 0. The summed E-state index contributed by atoms with van der Waals surface area (Å²) in [6.45, 7) is 1.62. The molecular formula is C14H17BrN4O. The molecular weight excluding hydrogens is 320 g/mol. The Kier molecular flexibility index (Phi) is 4.12. The number of alkyl halides is 1. The van der Waals surface area contributed by atoms with E-state index in [9.17, 15) is 0 Å². The van der Waals surface area contributed by atoms with Gasteiger partial charge in [0.15, 0.2) is 5.82 Å². The van der Waals surface area contributed by atoms with Crippen molar-refractivity contribution in [1.82, 2.24) is 20.2 Å². The molecule has 0 spiro atoms. The van der Waals surface area contributed by atoms with Crippen LogP contribution >= 0.6 is 15.9 Å². The number of hydrogen-bond acceptors (Lipinski definition) is 4. The van der Waals surface area contributed by atoms with Crippen LogP contribution in [0.5, 0.6) is 0 Å². The lowest BCUT2D eigenvalue weighted by Gasteiger charge is -2.34. The van der Waals surface area contributed by atoms with Crippen LogP contribution in [0.15, 0.2) is 30.3 Å². The summed E-state index contributed by atoms with van der Waals surface area (Å²) in [4.78, 5) is 0. The molecule has 1 fully saturated rings. The summed E-state index contributed by atoms with van der Waals surface area (Å²) in [6.07, 6.45) is 3.05. The van der Waals surface area contributed by atoms with E-state index in [0.717, 1.165) is 49.3 Å². The summed E-state index contributed by atoms with van der Waals surface area (Å²) in [5, 5.41) is 13.1. The third kappa shape index (κ3) is 2.76. The molecule has 0 aliphatic carbocycles. The molecule has 3 rings (SSSR count). The molecule has 1 saturated heterocycles. The van der Waals surface area contributed by atoms with Crippen LogP contribution in [0.1, 0.15) is 18.7 Å². The first-order chi connectivity index (χ1) is 9.83. The van der Waals surface area contributed by atoms with Gasteiger partial charge in [0.05, 0.1) is 12.3 Å². The van der Waals surface area contributed by atoms with Gasteiger partial charge in [0.1, 0.15) is 0 Å². The zero-order chi connectivity index (χ0) is 13.8. The first-order valence-corrected chi connectivity index (χ1v) is 7.92. The van der Waals surface area contributed by atoms with E-state index in [-0.39, 0.29) is 5.41 Å². The van der Waals surface area contributed by atoms with Crippen molar-refractivity contribution in [2.75, 3.05) is 18.5 Å². The van der Waals surface area contributed by atoms with Gasteiger partial charge in [-0.3, -0.25) is 0 Å².